The zero-order valence-corrected chi connectivity index (χ0v) is 11.1. The van der Waals surface area contributed by atoms with Crippen molar-refractivity contribution in [3.63, 3.8) is 0 Å². The highest BCUT2D eigenvalue weighted by Gasteiger charge is 2.13. The maximum atomic E-state index is 11.9. The van der Waals surface area contributed by atoms with E-state index < -0.39 is 0 Å². The Morgan fingerprint density at radius 2 is 2.11 bits per heavy atom. The lowest BCUT2D eigenvalue weighted by molar-refractivity contribution is -0.142. The fourth-order valence-electron chi connectivity index (χ4n) is 1.53. The Labute approximate surface area is 111 Å². The van der Waals surface area contributed by atoms with Crippen LogP contribution >= 0.6 is 0 Å². The van der Waals surface area contributed by atoms with E-state index in [1.165, 1.54) is 7.11 Å². The third-order valence-electron chi connectivity index (χ3n) is 2.45. The van der Waals surface area contributed by atoms with Crippen LogP contribution in [0.15, 0.2) is 18.2 Å². The molecular weight excluding hydrogens is 248 g/mol. The number of nitrogens with two attached hydrogens (primary N) is 1. The molecule has 1 aromatic carbocycles. The van der Waals surface area contributed by atoms with Crippen molar-refractivity contribution >= 4 is 17.6 Å². The Morgan fingerprint density at radius 1 is 1.37 bits per heavy atom. The van der Waals surface area contributed by atoms with Gasteiger partial charge in [-0.3, -0.25) is 9.59 Å². The quantitative estimate of drug-likeness (QED) is 0.591. The number of esters is 1. The SMILES string of the molecule is CCOC(=O)CCNC(=O)c1cccc(OC)c1N. The van der Waals surface area contributed by atoms with Crippen LogP contribution in [0.1, 0.15) is 23.7 Å². The van der Waals surface area contributed by atoms with Gasteiger partial charge in [0.25, 0.3) is 5.91 Å². The number of amides is 1. The molecule has 0 bridgehead atoms. The second-order valence-electron chi connectivity index (χ2n) is 3.73. The highest BCUT2D eigenvalue weighted by atomic mass is 16.5. The van der Waals surface area contributed by atoms with Crippen molar-refractivity contribution < 1.29 is 19.1 Å². The standard InChI is InChI=1S/C13H18N2O4/c1-3-19-11(16)7-8-15-13(17)9-5-4-6-10(18-2)12(9)14/h4-6H,3,7-8,14H2,1-2H3,(H,15,17). The van der Waals surface area contributed by atoms with Gasteiger partial charge in [-0.2, -0.15) is 0 Å². The molecule has 0 aliphatic heterocycles. The number of carbonyl (C=O) groups excluding carboxylic acids is 2. The summed E-state index contributed by atoms with van der Waals surface area (Å²) >= 11 is 0. The molecule has 3 N–H and O–H groups in total. The fraction of sp³-hybridized carbons (Fsp3) is 0.385. The lowest BCUT2D eigenvalue weighted by atomic mass is 10.1. The molecule has 104 valence electrons. The number of rotatable bonds is 6. The molecule has 0 aliphatic rings. The lowest BCUT2D eigenvalue weighted by Gasteiger charge is -2.10. The minimum atomic E-state index is -0.347. The minimum Gasteiger partial charge on any atom is -0.495 e. The topological polar surface area (TPSA) is 90.6 Å². The first-order valence-electron chi connectivity index (χ1n) is 5.96. The summed E-state index contributed by atoms with van der Waals surface area (Å²) in [6.45, 7) is 2.26. The van der Waals surface area contributed by atoms with Crippen molar-refractivity contribution in [1.29, 1.82) is 0 Å². The number of para-hydroxylation sites is 1. The summed E-state index contributed by atoms with van der Waals surface area (Å²) in [4.78, 5) is 23.0. The van der Waals surface area contributed by atoms with Gasteiger partial charge in [0.15, 0.2) is 0 Å². The molecule has 1 rings (SSSR count). The van der Waals surface area contributed by atoms with Crippen molar-refractivity contribution in [2.75, 3.05) is 26.0 Å². The van der Waals surface area contributed by atoms with Crippen LogP contribution in [0.3, 0.4) is 0 Å². The molecule has 0 fully saturated rings. The van der Waals surface area contributed by atoms with E-state index in [4.69, 9.17) is 15.2 Å². The Hall–Kier alpha value is -2.24. The van der Waals surface area contributed by atoms with Crippen LogP contribution in [0.5, 0.6) is 5.75 Å². The first-order chi connectivity index (χ1) is 9.10. The molecule has 0 spiro atoms. The van der Waals surface area contributed by atoms with Gasteiger partial charge in [0, 0.05) is 6.54 Å². The van der Waals surface area contributed by atoms with E-state index in [-0.39, 0.29) is 30.5 Å². The zero-order chi connectivity index (χ0) is 14.3. The van der Waals surface area contributed by atoms with Gasteiger partial charge in [-0.25, -0.2) is 0 Å². The summed E-state index contributed by atoms with van der Waals surface area (Å²) in [5, 5.41) is 2.61. The lowest BCUT2D eigenvalue weighted by Crippen LogP contribution is -2.27. The van der Waals surface area contributed by atoms with Gasteiger partial charge in [0.1, 0.15) is 5.75 Å². The van der Waals surface area contributed by atoms with Crippen LogP contribution in [-0.4, -0.2) is 32.1 Å². The van der Waals surface area contributed by atoms with E-state index in [0.717, 1.165) is 0 Å². The van der Waals surface area contributed by atoms with Gasteiger partial charge < -0.3 is 20.5 Å². The van der Waals surface area contributed by atoms with Crippen LogP contribution < -0.4 is 15.8 Å². The Morgan fingerprint density at radius 3 is 2.74 bits per heavy atom. The van der Waals surface area contributed by atoms with Crippen molar-refractivity contribution in [2.24, 2.45) is 0 Å². The van der Waals surface area contributed by atoms with Crippen molar-refractivity contribution in [2.45, 2.75) is 13.3 Å². The van der Waals surface area contributed by atoms with E-state index in [1.807, 2.05) is 0 Å². The number of benzene rings is 1. The van der Waals surface area contributed by atoms with Crippen molar-refractivity contribution in [3.8, 4) is 5.75 Å². The fourth-order valence-corrected chi connectivity index (χ4v) is 1.53. The number of nitrogen functional groups attached to an aromatic ring is 1. The predicted octanol–water partition coefficient (Wildman–Crippen LogP) is 0.960. The second kappa shape index (κ2) is 7.25. The van der Waals surface area contributed by atoms with Crippen LogP contribution in [0, 0.1) is 0 Å². The highest BCUT2D eigenvalue weighted by Crippen LogP contribution is 2.24. The number of hydrogen-bond acceptors (Lipinski definition) is 5. The Bertz CT molecular complexity index is 460. The van der Waals surface area contributed by atoms with Gasteiger partial charge in [-0.05, 0) is 19.1 Å². The molecule has 0 aliphatic carbocycles. The summed E-state index contributed by atoms with van der Waals surface area (Å²) < 4.78 is 9.79. The summed E-state index contributed by atoms with van der Waals surface area (Å²) in [5.41, 5.74) is 6.40. The minimum absolute atomic E-state index is 0.128. The maximum Gasteiger partial charge on any atom is 0.307 e. The molecule has 0 atom stereocenters. The van der Waals surface area contributed by atoms with Gasteiger partial charge in [0.2, 0.25) is 0 Å². The molecular formula is C13H18N2O4. The molecule has 0 saturated heterocycles. The summed E-state index contributed by atoms with van der Waals surface area (Å²) in [6, 6.07) is 4.94. The molecule has 0 unspecified atom stereocenters. The Balaban J connectivity index is 2.57. The predicted molar refractivity (Wildman–Crippen MR) is 71.0 cm³/mol. The molecule has 19 heavy (non-hydrogen) atoms. The summed E-state index contributed by atoms with van der Waals surface area (Å²) in [6.07, 6.45) is 0.128. The van der Waals surface area contributed by atoms with Gasteiger partial charge in [-0.15, -0.1) is 0 Å². The number of ether oxygens (including phenoxy) is 2. The average Bonchev–Trinajstić information content (AvgIpc) is 2.39. The molecule has 0 radical (unpaired) electrons. The monoisotopic (exact) mass is 266 g/mol. The summed E-state index contributed by atoms with van der Waals surface area (Å²) in [7, 11) is 1.48. The van der Waals surface area contributed by atoms with Gasteiger partial charge >= 0.3 is 5.97 Å². The van der Waals surface area contributed by atoms with Crippen LogP contribution in [0.25, 0.3) is 0 Å². The smallest absolute Gasteiger partial charge is 0.307 e. The molecule has 6 nitrogen and oxygen atoms in total. The van der Waals surface area contributed by atoms with E-state index in [0.29, 0.717) is 17.9 Å². The molecule has 0 aromatic heterocycles. The largest absolute Gasteiger partial charge is 0.495 e. The average molecular weight is 266 g/mol. The van der Waals surface area contributed by atoms with E-state index in [2.05, 4.69) is 5.32 Å². The Kier molecular flexibility index (Phi) is 5.66. The van der Waals surface area contributed by atoms with E-state index in [1.54, 1.807) is 25.1 Å². The molecule has 0 saturated carbocycles. The molecule has 1 amide bonds. The van der Waals surface area contributed by atoms with Gasteiger partial charge in [-0.1, -0.05) is 6.07 Å². The number of nitrogens with one attached hydrogen (secondary N) is 1. The highest BCUT2D eigenvalue weighted by molar-refractivity contribution is 6.00. The van der Waals surface area contributed by atoms with E-state index in [9.17, 15) is 9.59 Å². The summed E-state index contributed by atoms with van der Waals surface area (Å²) in [5.74, 6) is -0.250. The van der Waals surface area contributed by atoms with Crippen LogP contribution in [0.4, 0.5) is 5.69 Å². The van der Waals surface area contributed by atoms with Crippen LogP contribution in [0.2, 0.25) is 0 Å². The molecule has 6 heteroatoms. The third kappa shape index (κ3) is 4.17. The number of methoxy groups -OCH3 is 1. The molecule has 1 aromatic rings. The van der Waals surface area contributed by atoms with Crippen molar-refractivity contribution in [3.05, 3.63) is 23.8 Å². The second-order valence-corrected chi connectivity index (χ2v) is 3.73. The normalized spacial score (nSPS) is 9.79. The van der Waals surface area contributed by atoms with E-state index >= 15 is 0 Å². The number of carbonyl (C=O) groups is 2. The van der Waals surface area contributed by atoms with Crippen LogP contribution in [-0.2, 0) is 9.53 Å². The molecule has 0 heterocycles. The zero-order valence-electron chi connectivity index (χ0n) is 11.1. The number of anilines is 1. The first-order valence-corrected chi connectivity index (χ1v) is 5.96. The van der Waals surface area contributed by atoms with Crippen molar-refractivity contribution in [1.82, 2.24) is 5.32 Å². The maximum absolute atomic E-state index is 11.9. The number of hydrogen-bond donors (Lipinski definition) is 2. The third-order valence-corrected chi connectivity index (χ3v) is 2.45. The van der Waals surface area contributed by atoms with Gasteiger partial charge in [0.05, 0.1) is 31.4 Å². The first kappa shape index (κ1) is 14.8.